The van der Waals surface area contributed by atoms with Gasteiger partial charge in [-0.3, -0.25) is 0 Å². The maximum absolute atomic E-state index is 12.2. The summed E-state index contributed by atoms with van der Waals surface area (Å²) in [4.78, 5) is 0.252. The SMILES string of the molecule is CCN(CC)S(=O)(=O)NC(C(N)=S)C1CCCCC1. The van der Waals surface area contributed by atoms with Crippen LogP contribution in [0.2, 0.25) is 0 Å². The fourth-order valence-corrected chi connectivity index (χ4v) is 4.45. The van der Waals surface area contributed by atoms with E-state index in [1.807, 2.05) is 13.8 Å². The maximum Gasteiger partial charge on any atom is 0.280 e. The van der Waals surface area contributed by atoms with Gasteiger partial charge < -0.3 is 5.73 Å². The van der Waals surface area contributed by atoms with Crippen LogP contribution in [-0.2, 0) is 10.2 Å². The first-order valence-corrected chi connectivity index (χ1v) is 8.83. The third kappa shape index (κ3) is 4.66. The Hall–Kier alpha value is -0.240. The number of nitrogens with two attached hydrogens (primary N) is 1. The van der Waals surface area contributed by atoms with Crippen molar-refractivity contribution in [3.8, 4) is 0 Å². The first kappa shape index (κ1) is 16.8. The Balaban J connectivity index is 2.80. The van der Waals surface area contributed by atoms with Crippen LogP contribution in [0.4, 0.5) is 0 Å². The molecule has 1 fully saturated rings. The molecule has 1 saturated carbocycles. The highest BCUT2D eigenvalue weighted by molar-refractivity contribution is 7.87. The highest BCUT2D eigenvalue weighted by Crippen LogP contribution is 2.27. The molecule has 0 amide bonds. The van der Waals surface area contributed by atoms with Crippen LogP contribution in [0.5, 0.6) is 0 Å². The van der Waals surface area contributed by atoms with Gasteiger partial charge in [0.2, 0.25) is 0 Å². The molecule has 3 N–H and O–H groups in total. The van der Waals surface area contributed by atoms with Gasteiger partial charge in [-0.15, -0.1) is 0 Å². The summed E-state index contributed by atoms with van der Waals surface area (Å²) >= 11 is 5.06. The van der Waals surface area contributed by atoms with Crippen molar-refractivity contribution in [1.82, 2.24) is 9.03 Å². The van der Waals surface area contributed by atoms with Crippen molar-refractivity contribution in [2.75, 3.05) is 13.1 Å². The lowest BCUT2D eigenvalue weighted by molar-refractivity contribution is 0.324. The van der Waals surface area contributed by atoms with E-state index >= 15 is 0 Å². The van der Waals surface area contributed by atoms with Crippen molar-refractivity contribution in [2.24, 2.45) is 11.7 Å². The van der Waals surface area contributed by atoms with Gasteiger partial charge in [-0.05, 0) is 18.8 Å². The molecular formula is C12H25N3O2S2. The van der Waals surface area contributed by atoms with Gasteiger partial charge in [0, 0.05) is 13.1 Å². The lowest BCUT2D eigenvalue weighted by atomic mass is 9.84. The maximum atomic E-state index is 12.2. The molecule has 1 aliphatic carbocycles. The molecule has 0 aromatic rings. The third-order valence-electron chi connectivity index (χ3n) is 3.75. The molecular weight excluding hydrogens is 282 g/mol. The first-order chi connectivity index (χ1) is 8.92. The average Bonchev–Trinajstić information content (AvgIpc) is 2.38. The second-order valence-corrected chi connectivity index (χ2v) is 7.16. The van der Waals surface area contributed by atoms with Crippen LogP contribution in [0.25, 0.3) is 0 Å². The molecule has 0 heterocycles. The molecule has 0 aromatic carbocycles. The minimum Gasteiger partial charge on any atom is -0.392 e. The van der Waals surface area contributed by atoms with Gasteiger partial charge in [0.1, 0.15) is 0 Å². The van der Waals surface area contributed by atoms with Gasteiger partial charge in [-0.25, -0.2) is 0 Å². The molecule has 1 rings (SSSR count). The van der Waals surface area contributed by atoms with Crippen LogP contribution in [0, 0.1) is 5.92 Å². The number of hydrogen-bond acceptors (Lipinski definition) is 3. The Morgan fingerprint density at radius 3 is 2.26 bits per heavy atom. The molecule has 0 bridgehead atoms. The summed E-state index contributed by atoms with van der Waals surface area (Å²) in [5.74, 6) is 0.233. The first-order valence-electron chi connectivity index (χ1n) is 6.99. The van der Waals surface area contributed by atoms with Crippen molar-refractivity contribution in [1.29, 1.82) is 0 Å². The highest BCUT2D eigenvalue weighted by Gasteiger charge is 2.31. The summed E-state index contributed by atoms with van der Waals surface area (Å²) in [6, 6.07) is -0.416. The van der Waals surface area contributed by atoms with E-state index in [1.165, 1.54) is 10.7 Å². The molecule has 0 saturated heterocycles. The predicted octanol–water partition coefficient (Wildman–Crippen LogP) is 1.40. The van der Waals surface area contributed by atoms with Gasteiger partial charge in [-0.2, -0.15) is 17.4 Å². The third-order valence-corrected chi connectivity index (χ3v) is 5.75. The zero-order chi connectivity index (χ0) is 14.5. The van der Waals surface area contributed by atoms with Gasteiger partial charge in [0.05, 0.1) is 11.0 Å². The zero-order valence-corrected chi connectivity index (χ0v) is 13.4. The lowest BCUT2D eigenvalue weighted by Crippen LogP contribution is -2.53. The van der Waals surface area contributed by atoms with Gasteiger partial charge >= 0.3 is 0 Å². The van der Waals surface area contributed by atoms with Crippen molar-refractivity contribution in [3.63, 3.8) is 0 Å². The summed E-state index contributed by atoms with van der Waals surface area (Å²) < 4.78 is 28.6. The Bertz CT molecular complexity index is 388. The van der Waals surface area contributed by atoms with E-state index in [4.69, 9.17) is 18.0 Å². The van der Waals surface area contributed by atoms with Crippen LogP contribution >= 0.6 is 12.2 Å². The Labute approximate surface area is 122 Å². The predicted molar refractivity (Wildman–Crippen MR) is 82.1 cm³/mol. The number of rotatable bonds is 7. The fourth-order valence-electron chi connectivity index (χ4n) is 2.65. The number of nitrogens with zero attached hydrogens (tertiary/aromatic N) is 1. The standard InChI is InChI=1S/C12H25N3O2S2/c1-3-15(4-2)19(16,17)14-11(12(13)18)10-8-6-5-7-9-10/h10-11,14H,3-9H2,1-2H3,(H2,13,18). The zero-order valence-electron chi connectivity index (χ0n) is 11.8. The van der Waals surface area contributed by atoms with E-state index in [0.29, 0.717) is 13.1 Å². The lowest BCUT2D eigenvalue weighted by Gasteiger charge is -2.31. The van der Waals surface area contributed by atoms with Gasteiger partial charge in [-0.1, -0.05) is 45.3 Å². The van der Waals surface area contributed by atoms with Crippen LogP contribution in [-0.4, -0.2) is 36.8 Å². The highest BCUT2D eigenvalue weighted by atomic mass is 32.2. The largest absolute Gasteiger partial charge is 0.392 e. The fraction of sp³-hybridized carbons (Fsp3) is 0.917. The Morgan fingerprint density at radius 2 is 1.84 bits per heavy atom. The van der Waals surface area contributed by atoms with E-state index in [0.717, 1.165) is 25.7 Å². The van der Waals surface area contributed by atoms with E-state index in [1.54, 1.807) is 0 Å². The van der Waals surface area contributed by atoms with E-state index < -0.39 is 16.3 Å². The van der Waals surface area contributed by atoms with E-state index in [2.05, 4.69) is 4.72 Å². The number of nitrogens with one attached hydrogen (secondary N) is 1. The average molecular weight is 307 g/mol. The molecule has 1 unspecified atom stereocenters. The molecule has 0 spiro atoms. The molecule has 5 nitrogen and oxygen atoms in total. The van der Waals surface area contributed by atoms with Gasteiger partial charge in [0.15, 0.2) is 0 Å². The summed E-state index contributed by atoms with van der Waals surface area (Å²) in [5, 5.41) is 0. The topological polar surface area (TPSA) is 75.4 Å². The molecule has 1 aliphatic rings. The van der Waals surface area contributed by atoms with Crippen molar-refractivity contribution < 1.29 is 8.42 Å². The van der Waals surface area contributed by atoms with E-state index in [-0.39, 0.29) is 10.9 Å². The summed E-state index contributed by atoms with van der Waals surface area (Å²) in [5.41, 5.74) is 5.74. The quantitative estimate of drug-likeness (QED) is 0.697. The molecule has 0 aromatic heterocycles. The van der Waals surface area contributed by atoms with Crippen LogP contribution in [0.3, 0.4) is 0 Å². The second kappa shape index (κ2) is 7.52. The van der Waals surface area contributed by atoms with Crippen molar-refractivity contribution in [3.05, 3.63) is 0 Å². The molecule has 1 atom stereocenters. The number of thiocarbonyl (C=S) groups is 1. The number of hydrogen-bond donors (Lipinski definition) is 2. The molecule has 0 aliphatic heterocycles. The summed E-state index contributed by atoms with van der Waals surface area (Å²) in [6.45, 7) is 4.53. The van der Waals surface area contributed by atoms with E-state index in [9.17, 15) is 8.42 Å². The molecule has 7 heteroatoms. The summed E-state index contributed by atoms with van der Waals surface area (Å²) in [6.07, 6.45) is 5.43. The van der Waals surface area contributed by atoms with Crippen LogP contribution < -0.4 is 10.5 Å². The minimum atomic E-state index is -3.50. The van der Waals surface area contributed by atoms with Crippen molar-refractivity contribution >= 4 is 27.4 Å². The normalized spacial score (nSPS) is 19.5. The Morgan fingerprint density at radius 1 is 1.32 bits per heavy atom. The van der Waals surface area contributed by atoms with Gasteiger partial charge in [0.25, 0.3) is 10.2 Å². The second-order valence-electron chi connectivity index (χ2n) is 4.99. The summed E-state index contributed by atoms with van der Waals surface area (Å²) in [7, 11) is -3.50. The van der Waals surface area contributed by atoms with Crippen molar-refractivity contribution in [2.45, 2.75) is 52.0 Å². The molecule has 19 heavy (non-hydrogen) atoms. The monoisotopic (exact) mass is 307 g/mol. The molecule has 112 valence electrons. The minimum absolute atomic E-state index is 0.233. The smallest absolute Gasteiger partial charge is 0.280 e. The Kier molecular flexibility index (Phi) is 6.65. The van der Waals surface area contributed by atoms with Crippen LogP contribution in [0.15, 0.2) is 0 Å². The van der Waals surface area contributed by atoms with Crippen LogP contribution in [0.1, 0.15) is 46.0 Å². The molecule has 0 radical (unpaired) electrons.